The summed E-state index contributed by atoms with van der Waals surface area (Å²) in [5.41, 5.74) is 3.31. The quantitative estimate of drug-likeness (QED) is 0.422. The number of amides is 1. The monoisotopic (exact) mass is 519 g/mol. The summed E-state index contributed by atoms with van der Waals surface area (Å²) < 4.78 is 30.3. The molecule has 2 atom stereocenters. The zero-order valence-electron chi connectivity index (χ0n) is 20.8. The van der Waals surface area contributed by atoms with Crippen LogP contribution in [0.15, 0.2) is 24.5 Å². The maximum atomic E-state index is 16.3. The van der Waals surface area contributed by atoms with Crippen LogP contribution in [0.1, 0.15) is 31.1 Å². The van der Waals surface area contributed by atoms with E-state index in [1.807, 2.05) is 24.0 Å². The first-order valence-corrected chi connectivity index (χ1v) is 12.8. The number of carboxylic acid groups (broad SMARTS) is 1. The van der Waals surface area contributed by atoms with Gasteiger partial charge in [-0.3, -0.25) is 0 Å². The summed E-state index contributed by atoms with van der Waals surface area (Å²) in [6.45, 7) is 3.86. The lowest BCUT2D eigenvalue weighted by Crippen LogP contribution is -2.56. The first-order valence-electron chi connectivity index (χ1n) is 12.8. The number of rotatable bonds is 2. The molecule has 0 spiro atoms. The summed E-state index contributed by atoms with van der Waals surface area (Å²) in [6.07, 6.45) is 3.11. The van der Waals surface area contributed by atoms with Crippen LogP contribution in [0.25, 0.3) is 33.1 Å². The van der Waals surface area contributed by atoms with E-state index in [-0.39, 0.29) is 30.9 Å². The molecule has 0 bridgehead atoms. The van der Waals surface area contributed by atoms with Crippen molar-refractivity contribution >= 4 is 33.8 Å². The Hall–Kier alpha value is -4.06. The predicted molar refractivity (Wildman–Crippen MR) is 136 cm³/mol. The zero-order chi connectivity index (χ0) is 26.0. The minimum absolute atomic E-state index is 0.156. The highest BCUT2D eigenvalue weighted by Crippen LogP contribution is 2.43. The molecule has 3 aliphatic rings. The van der Waals surface area contributed by atoms with Crippen molar-refractivity contribution in [2.45, 2.75) is 38.5 Å². The Kier molecular flexibility index (Phi) is 5.32. The Balaban J connectivity index is 1.38. The van der Waals surface area contributed by atoms with Gasteiger partial charge in [0, 0.05) is 37.4 Å². The fourth-order valence-corrected chi connectivity index (χ4v) is 5.89. The number of hydrogen-bond donors (Lipinski definition) is 1. The van der Waals surface area contributed by atoms with Gasteiger partial charge >= 0.3 is 6.09 Å². The number of nitrogens with zero attached hydrogens (tertiary/aromatic N) is 7. The molecule has 38 heavy (non-hydrogen) atoms. The van der Waals surface area contributed by atoms with Crippen molar-refractivity contribution in [1.29, 1.82) is 0 Å². The van der Waals surface area contributed by atoms with E-state index >= 15 is 4.39 Å². The zero-order valence-corrected chi connectivity index (χ0v) is 20.8. The van der Waals surface area contributed by atoms with Crippen LogP contribution in [0.2, 0.25) is 0 Å². The number of carbonyl (C=O) groups is 1. The second kappa shape index (κ2) is 8.76. The summed E-state index contributed by atoms with van der Waals surface area (Å²) in [5.74, 6) is 0.527. The molecule has 11 nitrogen and oxygen atoms in total. The first kappa shape index (κ1) is 23.1. The average molecular weight is 520 g/mol. The molecule has 0 radical (unpaired) electrons. The summed E-state index contributed by atoms with van der Waals surface area (Å²) >= 11 is 0. The lowest BCUT2D eigenvalue weighted by Gasteiger charge is -2.39. The SMILES string of the molecule is Cc1ccc2c(nnn2C2CCCCO2)c1-c1cc2c3c(ncnc3c1F)N1CCN(C(=O)O)C[C@H]1CO2. The van der Waals surface area contributed by atoms with Crippen LogP contribution in [0.4, 0.5) is 15.0 Å². The van der Waals surface area contributed by atoms with Gasteiger partial charge in [0.15, 0.2) is 12.0 Å². The summed E-state index contributed by atoms with van der Waals surface area (Å²) in [4.78, 5) is 23.8. The summed E-state index contributed by atoms with van der Waals surface area (Å²) in [7, 11) is 0. The molecule has 196 valence electrons. The van der Waals surface area contributed by atoms with Crippen LogP contribution < -0.4 is 9.64 Å². The minimum Gasteiger partial charge on any atom is -0.490 e. The van der Waals surface area contributed by atoms with Gasteiger partial charge in [-0.2, -0.15) is 0 Å². The Morgan fingerprint density at radius 1 is 1.18 bits per heavy atom. The normalized spacial score (nSPS) is 21.3. The van der Waals surface area contributed by atoms with Crippen molar-refractivity contribution < 1.29 is 23.8 Å². The highest BCUT2D eigenvalue weighted by atomic mass is 19.1. The minimum atomic E-state index is -0.970. The van der Waals surface area contributed by atoms with E-state index in [1.54, 1.807) is 10.7 Å². The van der Waals surface area contributed by atoms with Gasteiger partial charge in [0.05, 0.1) is 16.9 Å². The number of piperazine rings is 1. The molecule has 1 unspecified atom stereocenters. The van der Waals surface area contributed by atoms with Crippen LogP contribution >= 0.6 is 0 Å². The van der Waals surface area contributed by atoms with E-state index in [0.717, 1.165) is 30.3 Å². The lowest BCUT2D eigenvalue weighted by molar-refractivity contribution is -0.0377. The molecule has 12 heteroatoms. The molecule has 0 aliphatic carbocycles. The van der Waals surface area contributed by atoms with Crippen LogP contribution in [0.5, 0.6) is 5.75 Å². The van der Waals surface area contributed by atoms with Crippen molar-refractivity contribution in [3.05, 3.63) is 35.9 Å². The molecule has 1 amide bonds. The number of benzene rings is 2. The maximum absolute atomic E-state index is 16.3. The standard InChI is InChI=1S/C26H26FN7O4/c1-14-5-6-17-23(30-31-34(17)19-4-2-3-9-37-19)20(14)16-10-18-21-24(22(16)27)28-13-29-25(21)33-8-7-32(26(35)36)11-15(33)12-38-18/h5-6,10,13,15,19H,2-4,7-9,11-12H2,1H3,(H,35,36)/t15-,19?/m0/s1. The van der Waals surface area contributed by atoms with Crippen molar-refractivity contribution in [3.63, 3.8) is 0 Å². The Morgan fingerprint density at radius 2 is 2.08 bits per heavy atom. The molecule has 7 rings (SSSR count). The van der Waals surface area contributed by atoms with Crippen molar-refractivity contribution in [3.8, 4) is 16.9 Å². The Bertz CT molecular complexity index is 1590. The molecule has 1 N–H and O–H groups in total. The van der Waals surface area contributed by atoms with Gasteiger partial charge in [-0.1, -0.05) is 11.3 Å². The Morgan fingerprint density at radius 3 is 2.89 bits per heavy atom. The molecular weight excluding hydrogens is 493 g/mol. The molecule has 0 saturated carbocycles. The molecule has 2 aromatic heterocycles. The average Bonchev–Trinajstić information content (AvgIpc) is 3.30. The second-order valence-electron chi connectivity index (χ2n) is 10.0. The largest absolute Gasteiger partial charge is 0.490 e. The van der Waals surface area contributed by atoms with E-state index in [2.05, 4.69) is 20.3 Å². The van der Waals surface area contributed by atoms with E-state index < -0.39 is 11.9 Å². The smallest absolute Gasteiger partial charge is 0.407 e. The van der Waals surface area contributed by atoms with E-state index in [4.69, 9.17) is 9.47 Å². The highest BCUT2D eigenvalue weighted by Gasteiger charge is 2.36. The van der Waals surface area contributed by atoms with E-state index in [1.165, 1.54) is 11.2 Å². The first-order chi connectivity index (χ1) is 18.5. The third-order valence-corrected chi connectivity index (χ3v) is 7.80. The van der Waals surface area contributed by atoms with Crippen LogP contribution in [-0.4, -0.2) is 80.0 Å². The number of halogens is 1. The molecule has 2 aromatic carbocycles. The fraction of sp³-hybridized carbons (Fsp3) is 0.423. The van der Waals surface area contributed by atoms with Gasteiger partial charge in [-0.05, 0) is 43.9 Å². The topological polar surface area (TPSA) is 119 Å². The van der Waals surface area contributed by atoms with E-state index in [9.17, 15) is 9.90 Å². The third-order valence-electron chi connectivity index (χ3n) is 7.80. The number of hydrogen-bond acceptors (Lipinski definition) is 8. The van der Waals surface area contributed by atoms with Gasteiger partial charge in [-0.25, -0.2) is 23.8 Å². The molecule has 5 heterocycles. The predicted octanol–water partition coefficient (Wildman–Crippen LogP) is 3.75. The number of ether oxygens (including phenoxy) is 2. The van der Waals surface area contributed by atoms with E-state index in [0.29, 0.717) is 53.3 Å². The van der Waals surface area contributed by atoms with Crippen LogP contribution in [0.3, 0.4) is 0 Å². The van der Waals surface area contributed by atoms with Crippen LogP contribution in [-0.2, 0) is 4.74 Å². The number of anilines is 1. The molecule has 2 fully saturated rings. The van der Waals surface area contributed by atoms with Crippen molar-refractivity contribution in [2.75, 3.05) is 37.7 Å². The molecular formula is C26H26FN7O4. The lowest BCUT2D eigenvalue weighted by atomic mass is 9.96. The number of fused-ring (bicyclic) bond motifs is 3. The highest BCUT2D eigenvalue weighted by molar-refractivity contribution is 6.02. The van der Waals surface area contributed by atoms with Crippen LogP contribution in [0, 0.1) is 12.7 Å². The summed E-state index contributed by atoms with van der Waals surface area (Å²) in [5, 5.41) is 18.8. The summed E-state index contributed by atoms with van der Waals surface area (Å²) in [6, 6.07) is 5.32. The van der Waals surface area contributed by atoms with Gasteiger partial charge in [0.2, 0.25) is 0 Å². The fourth-order valence-electron chi connectivity index (χ4n) is 5.89. The third kappa shape index (κ3) is 3.46. The van der Waals surface area contributed by atoms with Crippen molar-refractivity contribution in [2.24, 2.45) is 0 Å². The Labute approximate surface area is 216 Å². The molecule has 3 aliphatic heterocycles. The number of aryl methyl sites for hydroxylation is 1. The van der Waals surface area contributed by atoms with Gasteiger partial charge in [-0.15, -0.1) is 5.10 Å². The van der Waals surface area contributed by atoms with Gasteiger partial charge in [0.1, 0.15) is 35.5 Å². The second-order valence-corrected chi connectivity index (χ2v) is 10.0. The van der Waals surface area contributed by atoms with Crippen molar-refractivity contribution in [1.82, 2.24) is 29.9 Å². The molecule has 4 aromatic rings. The number of aromatic nitrogens is 5. The van der Waals surface area contributed by atoms with Gasteiger partial charge < -0.3 is 24.4 Å². The maximum Gasteiger partial charge on any atom is 0.407 e. The molecule has 2 saturated heterocycles. The van der Waals surface area contributed by atoms with Gasteiger partial charge in [0.25, 0.3) is 0 Å².